The summed E-state index contributed by atoms with van der Waals surface area (Å²) in [5.41, 5.74) is 1.31. The second kappa shape index (κ2) is 9.74. The summed E-state index contributed by atoms with van der Waals surface area (Å²) in [6, 6.07) is 8.70. The van der Waals surface area contributed by atoms with Crippen LogP contribution < -0.4 is 20.3 Å². The minimum atomic E-state index is -4.40. The van der Waals surface area contributed by atoms with Gasteiger partial charge in [-0.15, -0.1) is 22.6 Å². The zero-order valence-corrected chi connectivity index (χ0v) is 18.4. The molecule has 2 aromatic carbocycles. The molecule has 1 aromatic heterocycles. The number of alkyl halides is 3. The predicted octanol–water partition coefficient (Wildman–Crippen LogP) is 4.06. The zero-order valence-electron chi connectivity index (χ0n) is 17.6. The molecule has 4 rings (SSSR count). The molecule has 7 nitrogen and oxygen atoms in total. The average molecular weight is 469 g/mol. The number of hydrogen-bond donors (Lipinski definition) is 2. The maximum atomic E-state index is 13.1. The number of nitrogens with zero attached hydrogens (tertiary/aromatic N) is 4. The number of ether oxygens (including phenoxy) is 1. The van der Waals surface area contributed by atoms with Gasteiger partial charge in [0.1, 0.15) is 11.3 Å². The average Bonchev–Trinajstić information content (AvgIpc) is 2.78. The van der Waals surface area contributed by atoms with Gasteiger partial charge in [0.15, 0.2) is 5.82 Å². The molecule has 1 aliphatic rings. The van der Waals surface area contributed by atoms with Gasteiger partial charge in [0.25, 0.3) is 0 Å². The third-order valence-corrected chi connectivity index (χ3v) is 5.37. The first-order chi connectivity index (χ1) is 14.9. The molecule has 1 saturated heterocycles. The number of hydrogen-bond acceptors (Lipinski definition) is 7. The number of anilines is 2. The summed E-state index contributed by atoms with van der Waals surface area (Å²) in [7, 11) is 1.57. The van der Waals surface area contributed by atoms with E-state index in [1.165, 1.54) is 6.07 Å². The van der Waals surface area contributed by atoms with E-state index in [0.717, 1.165) is 44.0 Å². The number of methoxy groups -OCH3 is 1. The largest absolute Gasteiger partial charge is 0.494 e. The topological polar surface area (TPSA) is 75.2 Å². The number of nitrogens with one attached hydrogen (secondary N) is 2. The molecule has 0 amide bonds. The molecular weight excluding hydrogens is 445 g/mol. The van der Waals surface area contributed by atoms with E-state index in [9.17, 15) is 13.2 Å². The Morgan fingerprint density at radius 2 is 1.88 bits per heavy atom. The molecule has 1 atom stereocenters. The van der Waals surface area contributed by atoms with E-state index >= 15 is 0 Å². The zero-order chi connectivity index (χ0) is 22.0. The summed E-state index contributed by atoms with van der Waals surface area (Å²) in [5.74, 6) is 1.00. The van der Waals surface area contributed by atoms with E-state index in [1.807, 2.05) is 12.1 Å². The highest BCUT2D eigenvalue weighted by Gasteiger charge is 2.30. The first-order valence-corrected chi connectivity index (χ1v) is 9.97. The summed E-state index contributed by atoms with van der Waals surface area (Å²) in [6.45, 7) is 5.24. The lowest BCUT2D eigenvalue weighted by Crippen LogP contribution is -2.43. The summed E-state index contributed by atoms with van der Waals surface area (Å²) >= 11 is 0. The molecule has 0 aliphatic carbocycles. The van der Waals surface area contributed by atoms with Gasteiger partial charge in [0.2, 0.25) is 0 Å². The van der Waals surface area contributed by atoms with Crippen LogP contribution in [-0.4, -0.2) is 48.7 Å². The fourth-order valence-corrected chi connectivity index (χ4v) is 3.68. The Labute approximate surface area is 189 Å². The van der Waals surface area contributed by atoms with Gasteiger partial charge in [-0.3, -0.25) is 0 Å². The van der Waals surface area contributed by atoms with Crippen molar-refractivity contribution in [1.29, 1.82) is 0 Å². The number of benzene rings is 2. The van der Waals surface area contributed by atoms with Crippen molar-refractivity contribution in [1.82, 2.24) is 20.7 Å². The van der Waals surface area contributed by atoms with Crippen LogP contribution in [0.3, 0.4) is 0 Å². The molecule has 32 heavy (non-hydrogen) atoms. The molecule has 2 N–H and O–H groups in total. The summed E-state index contributed by atoms with van der Waals surface area (Å²) in [4.78, 5) is 2.24. The van der Waals surface area contributed by atoms with Gasteiger partial charge in [-0.2, -0.15) is 13.2 Å². The molecule has 0 radical (unpaired) electrons. The summed E-state index contributed by atoms with van der Waals surface area (Å²) < 4.78 is 44.8. The van der Waals surface area contributed by atoms with Crippen molar-refractivity contribution >= 4 is 34.8 Å². The second-order valence-corrected chi connectivity index (χ2v) is 7.41. The molecule has 11 heteroatoms. The lowest BCUT2D eigenvalue weighted by atomic mass is 10.0. The van der Waals surface area contributed by atoms with E-state index in [-0.39, 0.29) is 12.4 Å². The molecule has 0 saturated carbocycles. The molecule has 172 valence electrons. The number of rotatable bonds is 5. The number of piperazine rings is 1. The van der Waals surface area contributed by atoms with E-state index < -0.39 is 17.8 Å². The lowest BCUT2D eigenvalue weighted by molar-refractivity contribution is -0.137. The monoisotopic (exact) mass is 468 g/mol. The molecule has 0 unspecified atom stereocenters. The normalized spacial score (nSPS) is 15.2. The Hall–Kier alpha value is -2.85. The SMILES string of the molecule is COc1cc(N2CCNCC2)cc2c(N[C@H](C)c3cccc(C(F)(F)F)c3)nnnc12.Cl. The van der Waals surface area contributed by atoms with Crippen molar-refractivity contribution in [3.63, 3.8) is 0 Å². The molecule has 0 bridgehead atoms. The first kappa shape index (κ1) is 23.8. The van der Waals surface area contributed by atoms with Crippen molar-refractivity contribution in [2.45, 2.75) is 19.1 Å². The number of fused-ring (bicyclic) bond motifs is 1. The molecule has 2 heterocycles. The van der Waals surface area contributed by atoms with Crippen molar-refractivity contribution in [2.24, 2.45) is 0 Å². The summed E-state index contributed by atoms with van der Waals surface area (Å²) in [6.07, 6.45) is -4.40. The highest BCUT2D eigenvalue weighted by molar-refractivity contribution is 5.95. The third-order valence-electron chi connectivity index (χ3n) is 5.37. The van der Waals surface area contributed by atoms with Crippen LogP contribution in [-0.2, 0) is 6.18 Å². The Bertz CT molecular complexity index is 1080. The van der Waals surface area contributed by atoms with E-state index in [0.29, 0.717) is 28.0 Å². The second-order valence-electron chi connectivity index (χ2n) is 7.41. The van der Waals surface area contributed by atoms with Crippen LogP contribution in [0.4, 0.5) is 24.7 Å². The fraction of sp³-hybridized carbons (Fsp3) is 0.381. The molecule has 1 aliphatic heterocycles. The number of halogens is 4. The van der Waals surface area contributed by atoms with Crippen molar-refractivity contribution < 1.29 is 17.9 Å². The lowest BCUT2D eigenvalue weighted by Gasteiger charge is -2.30. The standard InChI is InChI=1S/C21H23F3N6O.ClH/c1-13(14-4-3-5-15(10-14)21(22,23)24)26-20-17-11-16(30-8-6-25-7-9-30)12-18(31-2)19(17)27-29-28-20;/h3-5,10-13,25H,6-9H2,1-2H3,(H,26,27,28);1H/t13-;/m1./s1. The van der Waals surface area contributed by atoms with Gasteiger partial charge < -0.3 is 20.3 Å². The highest BCUT2D eigenvalue weighted by atomic mass is 35.5. The molecule has 0 spiro atoms. The summed E-state index contributed by atoms with van der Waals surface area (Å²) in [5, 5.41) is 19.3. The quantitative estimate of drug-likeness (QED) is 0.585. The first-order valence-electron chi connectivity index (χ1n) is 9.97. The fourth-order valence-electron chi connectivity index (χ4n) is 3.68. The van der Waals surface area contributed by atoms with Gasteiger partial charge in [-0.25, -0.2) is 0 Å². The minimum Gasteiger partial charge on any atom is -0.494 e. The maximum Gasteiger partial charge on any atom is 0.416 e. The van der Waals surface area contributed by atoms with Crippen molar-refractivity contribution in [3.05, 3.63) is 47.5 Å². The Kier molecular flexibility index (Phi) is 7.25. The van der Waals surface area contributed by atoms with Crippen LogP contribution in [0.5, 0.6) is 5.75 Å². The van der Waals surface area contributed by atoms with Crippen LogP contribution in [0.25, 0.3) is 10.9 Å². The Morgan fingerprint density at radius 1 is 1.12 bits per heavy atom. The van der Waals surface area contributed by atoms with Gasteiger partial charge in [-0.1, -0.05) is 12.1 Å². The minimum absolute atomic E-state index is 0. The third kappa shape index (κ3) is 4.97. The van der Waals surface area contributed by atoms with Crippen LogP contribution in [0.2, 0.25) is 0 Å². The van der Waals surface area contributed by atoms with E-state index in [2.05, 4.69) is 30.9 Å². The van der Waals surface area contributed by atoms with Crippen LogP contribution >= 0.6 is 12.4 Å². The van der Waals surface area contributed by atoms with Crippen LogP contribution in [0.15, 0.2) is 36.4 Å². The smallest absolute Gasteiger partial charge is 0.416 e. The van der Waals surface area contributed by atoms with Gasteiger partial charge >= 0.3 is 6.18 Å². The molecule has 1 fully saturated rings. The van der Waals surface area contributed by atoms with E-state index in [4.69, 9.17) is 4.74 Å². The highest BCUT2D eigenvalue weighted by Crippen LogP contribution is 2.35. The maximum absolute atomic E-state index is 13.1. The number of aromatic nitrogens is 3. The van der Waals surface area contributed by atoms with Crippen molar-refractivity contribution in [2.75, 3.05) is 43.5 Å². The molecular formula is C21H24ClF3N6O. The Balaban J connectivity index is 0.00000289. The Morgan fingerprint density at radius 3 is 2.56 bits per heavy atom. The predicted molar refractivity (Wildman–Crippen MR) is 120 cm³/mol. The van der Waals surface area contributed by atoms with E-state index in [1.54, 1.807) is 20.1 Å². The van der Waals surface area contributed by atoms with Gasteiger partial charge in [0.05, 0.1) is 24.1 Å². The van der Waals surface area contributed by atoms with Crippen LogP contribution in [0, 0.1) is 0 Å². The van der Waals surface area contributed by atoms with Gasteiger partial charge in [0, 0.05) is 37.9 Å². The molecule has 3 aromatic rings. The van der Waals surface area contributed by atoms with Crippen LogP contribution in [0.1, 0.15) is 24.1 Å². The van der Waals surface area contributed by atoms with Gasteiger partial charge in [-0.05, 0) is 35.9 Å². The van der Waals surface area contributed by atoms with Crippen molar-refractivity contribution in [3.8, 4) is 5.75 Å².